The molecule has 7 heteroatoms. The summed E-state index contributed by atoms with van der Waals surface area (Å²) in [5.41, 5.74) is -0.00182. The number of nitrogens with zero attached hydrogens (tertiary/aromatic N) is 1. The third-order valence-electron chi connectivity index (χ3n) is 4.73. The average molecular weight is 373 g/mol. The van der Waals surface area contributed by atoms with Crippen LogP contribution in [0.5, 0.6) is 0 Å². The van der Waals surface area contributed by atoms with Gasteiger partial charge in [-0.25, -0.2) is 0 Å². The highest BCUT2D eigenvalue weighted by Gasteiger charge is 2.43. The van der Waals surface area contributed by atoms with Crippen LogP contribution in [-0.2, 0) is 9.59 Å². The first-order chi connectivity index (χ1) is 11.1. The molecule has 1 fully saturated rings. The van der Waals surface area contributed by atoms with Gasteiger partial charge in [0.25, 0.3) is 0 Å². The predicted octanol–water partition coefficient (Wildman–Crippen LogP) is 3.36. The summed E-state index contributed by atoms with van der Waals surface area (Å²) in [6.07, 6.45) is 0.540. The molecular weight excluding hydrogens is 351 g/mol. The van der Waals surface area contributed by atoms with E-state index in [0.29, 0.717) is 29.6 Å². The first-order valence-electron chi connectivity index (χ1n) is 7.87. The Morgan fingerprint density at radius 2 is 2.00 bits per heavy atom. The zero-order valence-corrected chi connectivity index (χ0v) is 15.5. The van der Waals surface area contributed by atoms with Gasteiger partial charge in [-0.05, 0) is 44.9 Å². The van der Waals surface area contributed by atoms with Crippen LogP contribution in [0.15, 0.2) is 18.2 Å². The topological polar surface area (TPSA) is 69.6 Å². The lowest BCUT2D eigenvalue weighted by Crippen LogP contribution is -2.46. The highest BCUT2D eigenvalue weighted by Crippen LogP contribution is 2.31. The van der Waals surface area contributed by atoms with Crippen LogP contribution in [0.2, 0.25) is 10.0 Å². The highest BCUT2D eigenvalue weighted by atomic mass is 35.5. The first kappa shape index (κ1) is 19.0. The van der Waals surface area contributed by atoms with Gasteiger partial charge in [-0.1, -0.05) is 29.3 Å². The van der Waals surface area contributed by atoms with E-state index in [2.05, 4.69) is 5.32 Å². The van der Waals surface area contributed by atoms with Crippen LogP contribution in [0.3, 0.4) is 0 Å². The Balaban J connectivity index is 2.00. The third-order valence-corrected chi connectivity index (χ3v) is 5.30. The summed E-state index contributed by atoms with van der Waals surface area (Å²) in [4.78, 5) is 25.7. The van der Waals surface area contributed by atoms with Gasteiger partial charge >= 0.3 is 5.97 Å². The van der Waals surface area contributed by atoms with Crippen LogP contribution in [-0.4, -0.2) is 41.0 Å². The van der Waals surface area contributed by atoms with E-state index >= 15 is 0 Å². The molecule has 1 amide bonds. The summed E-state index contributed by atoms with van der Waals surface area (Å²) in [5, 5.41) is 13.3. The molecule has 1 aliphatic heterocycles. The van der Waals surface area contributed by atoms with Gasteiger partial charge in [0, 0.05) is 23.1 Å². The number of amides is 1. The molecule has 0 bridgehead atoms. The number of hydrogen-bond donors (Lipinski definition) is 2. The summed E-state index contributed by atoms with van der Waals surface area (Å²) < 4.78 is 0. The Kier molecular flexibility index (Phi) is 5.78. The standard InChI is InChI=1S/C17H22Cl2N2O3/c1-10(13-5-4-12(18)8-14(13)19)20-15(22)11(2)21-7-6-17(3,9-21)16(23)24/h4-5,8,10-11H,6-7,9H2,1-3H3,(H,20,22)(H,23,24). The molecule has 1 aromatic carbocycles. The molecule has 1 saturated heterocycles. The SMILES string of the molecule is CC(NC(=O)C(C)N1CCC(C)(C(=O)O)C1)c1ccc(Cl)cc1Cl. The van der Waals surface area contributed by atoms with Crippen LogP contribution in [0, 0.1) is 5.41 Å². The number of carboxylic acid groups (broad SMARTS) is 1. The molecule has 132 valence electrons. The van der Waals surface area contributed by atoms with Gasteiger partial charge in [0.2, 0.25) is 5.91 Å². The fourth-order valence-corrected chi connectivity index (χ4v) is 3.50. The number of nitrogens with one attached hydrogen (secondary N) is 1. The number of carbonyl (C=O) groups is 2. The van der Waals surface area contributed by atoms with Crippen molar-refractivity contribution in [3.8, 4) is 0 Å². The number of aliphatic carboxylic acids is 1. The fourth-order valence-electron chi connectivity index (χ4n) is 2.93. The van der Waals surface area contributed by atoms with Gasteiger partial charge in [0.05, 0.1) is 17.5 Å². The van der Waals surface area contributed by atoms with Crippen molar-refractivity contribution in [3.05, 3.63) is 33.8 Å². The molecule has 24 heavy (non-hydrogen) atoms. The highest BCUT2D eigenvalue weighted by molar-refractivity contribution is 6.35. The summed E-state index contributed by atoms with van der Waals surface area (Å²) in [7, 11) is 0. The van der Waals surface area contributed by atoms with E-state index < -0.39 is 17.4 Å². The maximum atomic E-state index is 12.5. The normalized spacial score (nSPS) is 23.7. The molecule has 2 rings (SSSR count). The van der Waals surface area contributed by atoms with Gasteiger partial charge in [0.1, 0.15) is 0 Å². The van der Waals surface area contributed by atoms with Crippen molar-refractivity contribution in [1.29, 1.82) is 0 Å². The van der Waals surface area contributed by atoms with E-state index in [1.54, 1.807) is 32.0 Å². The van der Waals surface area contributed by atoms with Crippen molar-refractivity contribution < 1.29 is 14.7 Å². The van der Waals surface area contributed by atoms with E-state index in [4.69, 9.17) is 23.2 Å². The van der Waals surface area contributed by atoms with Crippen molar-refractivity contribution in [2.75, 3.05) is 13.1 Å². The minimum absolute atomic E-state index is 0.150. The quantitative estimate of drug-likeness (QED) is 0.831. The fraction of sp³-hybridized carbons (Fsp3) is 0.529. The summed E-state index contributed by atoms with van der Waals surface area (Å²) in [6.45, 7) is 6.32. The predicted molar refractivity (Wildman–Crippen MR) is 94.4 cm³/mol. The van der Waals surface area contributed by atoms with Crippen LogP contribution in [0.25, 0.3) is 0 Å². The molecule has 3 atom stereocenters. The molecule has 1 aliphatic rings. The Morgan fingerprint density at radius 3 is 2.54 bits per heavy atom. The molecular formula is C17H22Cl2N2O3. The smallest absolute Gasteiger partial charge is 0.310 e. The second-order valence-electron chi connectivity index (χ2n) is 6.66. The monoisotopic (exact) mass is 372 g/mol. The number of rotatable bonds is 5. The maximum Gasteiger partial charge on any atom is 0.310 e. The van der Waals surface area contributed by atoms with Gasteiger partial charge in [0.15, 0.2) is 0 Å². The van der Waals surface area contributed by atoms with E-state index in [1.807, 2.05) is 11.8 Å². The first-order valence-corrected chi connectivity index (χ1v) is 8.62. The Labute approximate surface area is 151 Å². The molecule has 2 N–H and O–H groups in total. The van der Waals surface area contributed by atoms with Crippen molar-refractivity contribution >= 4 is 35.1 Å². The minimum atomic E-state index is -0.820. The van der Waals surface area contributed by atoms with Crippen LogP contribution >= 0.6 is 23.2 Å². The lowest BCUT2D eigenvalue weighted by Gasteiger charge is -2.27. The Bertz CT molecular complexity index is 653. The molecule has 1 heterocycles. The average Bonchev–Trinajstić information content (AvgIpc) is 2.90. The van der Waals surface area contributed by atoms with E-state index in [-0.39, 0.29) is 11.9 Å². The Morgan fingerprint density at radius 1 is 1.33 bits per heavy atom. The van der Waals surface area contributed by atoms with Gasteiger partial charge in [-0.15, -0.1) is 0 Å². The minimum Gasteiger partial charge on any atom is -0.481 e. The van der Waals surface area contributed by atoms with Crippen LogP contribution < -0.4 is 5.32 Å². The number of carbonyl (C=O) groups excluding carboxylic acids is 1. The second kappa shape index (κ2) is 7.30. The summed E-state index contributed by atoms with van der Waals surface area (Å²) in [6, 6.07) is 4.49. The molecule has 0 radical (unpaired) electrons. The van der Waals surface area contributed by atoms with Crippen LogP contribution in [0.4, 0.5) is 0 Å². The molecule has 1 aromatic rings. The van der Waals surface area contributed by atoms with Gasteiger partial charge in [-0.3, -0.25) is 14.5 Å². The largest absolute Gasteiger partial charge is 0.481 e. The third kappa shape index (κ3) is 4.02. The lowest BCUT2D eigenvalue weighted by atomic mass is 9.90. The number of hydrogen-bond acceptors (Lipinski definition) is 3. The Hall–Kier alpha value is -1.30. The van der Waals surface area contributed by atoms with E-state index in [1.165, 1.54) is 0 Å². The lowest BCUT2D eigenvalue weighted by molar-refractivity contribution is -0.147. The van der Waals surface area contributed by atoms with Crippen molar-refractivity contribution in [2.45, 2.75) is 39.3 Å². The zero-order valence-electron chi connectivity index (χ0n) is 14.0. The van der Waals surface area contributed by atoms with Gasteiger partial charge < -0.3 is 10.4 Å². The molecule has 0 saturated carbocycles. The molecule has 3 unspecified atom stereocenters. The van der Waals surface area contributed by atoms with Crippen molar-refractivity contribution in [1.82, 2.24) is 10.2 Å². The number of benzene rings is 1. The van der Waals surface area contributed by atoms with Gasteiger partial charge in [-0.2, -0.15) is 0 Å². The molecule has 0 aromatic heterocycles. The van der Waals surface area contributed by atoms with E-state index in [0.717, 1.165) is 5.56 Å². The summed E-state index contributed by atoms with van der Waals surface area (Å²) in [5.74, 6) is -0.970. The second-order valence-corrected chi connectivity index (χ2v) is 7.50. The number of carboxylic acids is 1. The van der Waals surface area contributed by atoms with Crippen LogP contribution in [0.1, 0.15) is 38.8 Å². The van der Waals surface area contributed by atoms with Crippen molar-refractivity contribution in [2.24, 2.45) is 5.41 Å². The number of halogens is 2. The number of likely N-dealkylation sites (tertiary alicyclic amines) is 1. The van der Waals surface area contributed by atoms with E-state index in [9.17, 15) is 14.7 Å². The molecule has 0 spiro atoms. The maximum absolute atomic E-state index is 12.5. The van der Waals surface area contributed by atoms with Crippen molar-refractivity contribution in [3.63, 3.8) is 0 Å². The molecule has 0 aliphatic carbocycles. The molecule has 5 nitrogen and oxygen atoms in total. The summed E-state index contributed by atoms with van der Waals surface area (Å²) >= 11 is 12.1. The zero-order chi connectivity index (χ0) is 18.1.